The summed E-state index contributed by atoms with van der Waals surface area (Å²) < 4.78 is 6.03. The van der Waals surface area contributed by atoms with Crippen molar-refractivity contribution in [3.05, 3.63) is 65.2 Å². The monoisotopic (exact) mass is 376 g/mol. The lowest BCUT2D eigenvalue weighted by atomic mass is 9.62. The van der Waals surface area contributed by atoms with Gasteiger partial charge < -0.3 is 4.74 Å². The molecule has 3 atom stereocenters. The highest BCUT2D eigenvalue weighted by atomic mass is 16.5. The third-order valence-corrected chi connectivity index (χ3v) is 6.68. The molecule has 0 heterocycles. The number of Topliss-reactive ketones (excluding diaryl/α,β-unsaturated/α-hetero) is 1. The second-order valence-electron chi connectivity index (χ2n) is 9.12. The molecule has 2 aromatic rings. The van der Waals surface area contributed by atoms with E-state index in [9.17, 15) is 4.79 Å². The molecule has 0 bridgehead atoms. The maximum absolute atomic E-state index is 12.5. The summed E-state index contributed by atoms with van der Waals surface area (Å²) in [5.74, 6) is 3.81. The van der Waals surface area contributed by atoms with E-state index in [0.29, 0.717) is 30.1 Å². The zero-order chi connectivity index (χ0) is 19.5. The van der Waals surface area contributed by atoms with E-state index in [1.807, 2.05) is 18.2 Å². The SMILES string of the molecule is CC(C)CCC1CC(=O)CC2c3ccc(OCc4ccccc4)cc3CCC12. The van der Waals surface area contributed by atoms with Crippen LogP contribution in [0.3, 0.4) is 0 Å². The smallest absolute Gasteiger partial charge is 0.133 e. The standard InChI is InChI=1S/C26H32O2/c1-18(2)8-9-20-14-22(27)16-26-24(20)12-10-21-15-23(11-13-25(21)26)28-17-19-6-4-3-5-7-19/h3-7,11,13,15,18,20,24,26H,8-10,12,14,16-17H2,1-2H3. The molecule has 1 fully saturated rings. The van der Waals surface area contributed by atoms with Crippen LogP contribution in [-0.4, -0.2) is 5.78 Å². The van der Waals surface area contributed by atoms with Gasteiger partial charge in [-0.05, 0) is 71.8 Å². The zero-order valence-electron chi connectivity index (χ0n) is 17.2. The molecule has 0 spiro atoms. The predicted octanol–water partition coefficient (Wildman–Crippen LogP) is 6.33. The molecule has 0 aromatic heterocycles. The molecule has 0 aliphatic heterocycles. The molecule has 0 radical (unpaired) electrons. The first-order valence-corrected chi connectivity index (χ1v) is 10.9. The molecular weight excluding hydrogens is 344 g/mol. The van der Waals surface area contributed by atoms with Crippen molar-refractivity contribution in [3.63, 3.8) is 0 Å². The molecule has 1 saturated carbocycles. The Balaban J connectivity index is 1.48. The summed E-state index contributed by atoms with van der Waals surface area (Å²) in [5.41, 5.74) is 3.99. The second kappa shape index (κ2) is 8.51. The number of rotatable bonds is 6. The molecule has 0 saturated heterocycles. The number of carbonyl (C=O) groups is 1. The van der Waals surface area contributed by atoms with E-state index in [1.165, 1.54) is 36.0 Å². The van der Waals surface area contributed by atoms with E-state index >= 15 is 0 Å². The lowest BCUT2D eigenvalue weighted by Gasteiger charge is -2.42. The van der Waals surface area contributed by atoms with Crippen LogP contribution in [-0.2, 0) is 17.8 Å². The van der Waals surface area contributed by atoms with Gasteiger partial charge in [0.15, 0.2) is 0 Å². The van der Waals surface area contributed by atoms with E-state index in [-0.39, 0.29) is 0 Å². The number of hydrogen-bond acceptors (Lipinski definition) is 2. The van der Waals surface area contributed by atoms with Crippen LogP contribution < -0.4 is 4.74 Å². The fraction of sp³-hybridized carbons (Fsp3) is 0.500. The van der Waals surface area contributed by atoms with Gasteiger partial charge in [0.2, 0.25) is 0 Å². The lowest BCUT2D eigenvalue weighted by molar-refractivity contribution is -0.123. The van der Waals surface area contributed by atoms with E-state index in [0.717, 1.165) is 30.9 Å². The first-order chi connectivity index (χ1) is 13.6. The van der Waals surface area contributed by atoms with Crippen molar-refractivity contribution in [3.8, 4) is 5.75 Å². The van der Waals surface area contributed by atoms with E-state index in [1.54, 1.807) is 0 Å². The van der Waals surface area contributed by atoms with Gasteiger partial charge in [0.05, 0.1) is 0 Å². The van der Waals surface area contributed by atoms with Crippen molar-refractivity contribution in [2.75, 3.05) is 0 Å². The summed E-state index contributed by atoms with van der Waals surface area (Å²) in [4.78, 5) is 12.5. The molecule has 4 rings (SSSR count). The number of benzene rings is 2. The summed E-state index contributed by atoms with van der Waals surface area (Å²) in [6.45, 7) is 5.17. The Morgan fingerprint density at radius 3 is 2.68 bits per heavy atom. The molecule has 2 aliphatic rings. The fourth-order valence-corrected chi connectivity index (χ4v) is 5.21. The van der Waals surface area contributed by atoms with E-state index < -0.39 is 0 Å². The Kier molecular flexibility index (Phi) is 5.85. The van der Waals surface area contributed by atoms with Crippen molar-refractivity contribution < 1.29 is 9.53 Å². The summed E-state index contributed by atoms with van der Waals surface area (Å²) in [6, 6.07) is 16.9. The minimum Gasteiger partial charge on any atom is -0.489 e. The van der Waals surface area contributed by atoms with Crippen LogP contribution in [0.25, 0.3) is 0 Å². The van der Waals surface area contributed by atoms with Crippen molar-refractivity contribution >= 4 is 5.78 Å². The molecule has 2 aliphatic carbocycles. The normalized spacial score (nSPS) is 24.0. The molecule has 3 unspecified atom stereocenters. The average molecular weight is 377 g/mol. The van der Waals surface area contributed by atoms with Gasteiger partial charge in [-0.25, -0.2) is 0 Å². The molecule has 0 amide bonds. The Hall–Kier alpha value is -2.09. The molecular formula is C26H32O2. The van der Waals surface area contributed by atoms with Gasteiger partial charge in [0, 0.05) is 12.8 Å². The van der Waals surface area contributed by atoms with Crippen LogP contribution in [0.2, 0.25) is 0 Å². The number of aryl methyl sites for hydroxylation is 1. The van der Waals surface area contributed by atoms with Gasteiger partial charge in [-0.1, -0.05) is 56.7 Å². The maximum atomic E-state index is 12.5. The Labute approximate surface area is 169 Å². The first kappa shape index (κ1) is 19.2. The van der Waals surface area contributed by atoms with Crippen LogP contribution in [0, 0.1) is 17.8 Å². The van der Waals surface area contributed by atoms with Gasteiger partial charge in [-0.2, -0.15) is 0 Å². The predicted molar refractivity (Wildman–Crippen MR) is 114 cm³/mol. The highest BCUT2D eigenvalue weighted by molar-refractivity contribution is 5.81. The second-order valence-corrected chi connectivity index (χ2v) is 9.12. The summed E-state index contributed by atoms with van der Waals surface area (Å²) in [6.07, 6.45) is 6.32. The first-order valence-electron chi connectivity index (χ1n) is 10.9. The quantitative estimate of drug-likeness (QED) is 0.589. The summed E-state index contributed by atoms with van der Waals surface area (Å²) in [5, 5.41) is 0. The Morgan fingerprint density at radius 2 is 1.89 bits per heavy atom. The third kappa shape index (κ3) is 4.32. The number of hydrogen-bond donors (Lipinski definition) is 0. The topological polar surface area (TPSA) is 26.3 Å². The van der Waals surface area contributed by atoms with E-state index in [2.05, 4.69) is 44.2 Å². The van der Waals surface area contributed by atoms with Crippen LogP contribution in [0.5, 0.6) is 5.75 Å². The van der Waals surface area contributed by atoms with Crippen molar-refractivity contribution in [1.29, 1.82) is 0 Å². The highest BCUT2D eigenvalue weighted by Gasteiger charge is 2.40. The minimum atomic E-state index is 0.422. The number of carbonyl (C=O) groups excluding carboxylic acids is 1. The van der Waals surface area contributed by atoms with Crippen LogP contribution in [0.1, 0.15) is 68.6 Å². The minimum absolute atomic E-state index is 0.422. The van der Waals surface area contributed by atoms with E-state index in [4.69, 9.17) is 4.74 Å². The zero-order valence-corrected chi connectivity index (χ0v) is 17.2. The Morgan fingerprint density at radius 1 is 1.07 bits per heavy atom. The molecule has 28 heavy (non-hydrogen) atoms. The van der Waals surface area contributed by atoms with Crippen molar-refractivity contribution in [1.82, 2.24) is 0 Å². The summed E-state index contributed by atoms with van der Waals surface area (Å²) in [7, 11) is 0. The van der Waals surface area contributed by atoms with Gasteiger partial charge in [-0.15, -0.1) is 0 Å². The molecule has 0 N–H and O–H groups in total. The van der Waals surface area contributed by atoms with Crippen LogP contribution in [0.15, 0.2) is 48.5 Å². The van der Waals surface area contributed by atoms with Crippen LogP contribution >= 0.6 is 0 Å². The van der Waals surface area contributed by atoms with Gasteiger partial charge in [0.1, 0.15) is 18.1 Å². The van der Waals surface area contributed by atoms with Gasteiger partial charge in [0.25, 0.3) is 0 Å². The van der Waals surface area contributed by atoms with Crippen molar-refractivity contribution in [2.24, 2.45) is 17.8 Å². The summed E-state index contributed by atoms with van der Waals surface area (Å²) >= 11 is 0. The fourth-order valence-electron chi connectivity index (χ4n) is 5.21. The average Bonchev–Trinajstić information content (AvgIpc) is 2.70. The largest absolute Gasteiger partial charge is 0.489 e. The lowest BCUT2D eigenvalue weighted by Crippen LogP contribution is -2.35. The number of ether oxygens (including phenoxy) is 1. The Bertz CT molecular complexity index is 808. The van der Waals surface area contributed by atoms with Crippen molar-refractivity contribution in [2.45, 2.75) is 64.9 Å². The number of fused-ring (bicyclic) bond motifs is 3. The number of ketones is 1. The molecule has 2 nitrogen and oxygen atoms in total. The molecule has 2 heteroatoms. The highest BCUT2D eigenvalue weighted by Crippen LogP contribution is 2.48. The van der Waals surface area contributed by atoms with Gasteiger partial charge >= 0.3 is 0 Å². The molecule has 2 aromatic carbocycles. The van der Waals surface area contributed by atoms with Crippen LogP contribution in [0.4, 0.5) is 0 Å². The molecule has 148 valence electrons. The maximum Gasteiger partial charge on any atom is 0.133 e. The third-order valence-electron chi connectivity index (χ3n) is 6.68. The van der Waals surface area contributed by atoms with Gasteiger partial charge in [-0.3, -0.25) is 4.79 Å².